The monoisotopic (exact) mass is 440 g/mol. The highest BCUT2D eigenvalue weighted by Crippen LogP contribution is 2.44. The highest BCUT2D eigenvalue weighted by atomic mass is 16.5. The van der Waals surface area contributed by atoms with E-state index < -0.39 is 12.1 Å². The number of methoxy groups -OCH3 is 4. The first-order valence-corrected chi connectivity index (χ1v) is 10.5. The number of carbonyl (C=O) groups is 2. The van der Waals surface area contributed by atoms with Gasteiger partial charge in [0.15, 0.2) is 0 Å². The maximum absolute atomic E-state index is 13.6. The highest BCUT2D eigenvalue weighted by Gasteiger charge is 2.47. The fourth-order valence-electron chi connectivity index (χ4n) is 4.83. The van der Waals surface area contributed by atoms with Crippen molar-refractivity contribution in [3.8, 4) is 23.0 Å². The molecule has 0 unspecified atom stereocenters. The number of hydrogen-bond donors (Lipinski definition) is 1. The summed E-state index contributed by atoms with van der Waals surface area (Å²) in [7, 11) is 6.36. The summed E-state index contributed by atoms with van der Waals surface area (Å²) in [5.41, 5.74) is 2.56. The Morgan fingerprint density at radius 2 is 1.59 bits per heavy atom. The molecule has 2 aliphatic heterocycles. The molecule has 1 saturated heterocycles. The van der Waals surface area contributed by atoms with Crippen molar-refractivity contribution in [2.45, 2.75) is 37.9 Å². The number of hydrogen-bond acceptors (Lipinski definition) is 6. The lowest BCUT2D eigenvalue weighted by atomic mass is 9.84. The molecule has 2 aliphatic rings. The molecule has 170 valence electrons. The van der Waals surface area contributed by atoms with Crippen molar-refractivity contribution in [3.63, 3.8) is 0 Å². The van der Waals surface area contributed by atoms with Gasteiger partial charge in [-0.1, -0.05) is 0 Å². The molecule has 3 atom stereocenters. The molecule has 8 heteroatoms. The molecule has 4 rings (SSSR count). The van der Waals surface area contributed by atoms with E-state index in [4.69, 9.17) is 18.9 Å². The molecular formula is C24H28N2O6. The molecule has 2 amide bonds. The third-order valence-corrected chi connectivity index (χ3v) is 6.37. The summed E-state index contributed by atoms with van der Waals surface area (Å²) < 4.78 is 21.9. The lowest BCUT2D eigenvalue weighted by Gasteiger charge is -2.46. The molecular weight excluding hydrogens is 412 g/mol. The van der Waals surface area contributed by atoms with Crippen molar-refractivity contribution in [3.05, 3.63) is 47.0 Å². The molecule has 2 aromatic rings. The van der Waals surface area contributed by atoms with Gasteiger partial charge >= 0.3 is 0 Å². The van der Waals surface area contributed by atoms with E-state index in [1.807, 2.05) is 25.1 Å². The van der Waals surface area contributed by atoms with Gasteiger partial charge in [0, 0.05) is 29.5 Å². The molecule has 0 spiro atoms. The van der Waals surface area contributed by atoms with Crippen LogP contribution in [0.4, 0.5) is 0 Å². The molecule has 8 nitrogen and oxygen atoms in total. The van der Waals surface area contributed by atoms with Crippen LogP contribution < -0.4 is 24.3 Å². The molecule has 2 heterocycles. The number of benzene rings is 2. The van der Waals surface area contributed by atoms with E-state index in [-0.39, 0.29) is 17.9 Å². The van der Waals surface area contributed by atoms with Crippen LogP contribution in [-0.2, 0) is 22.4 Å². The molecule has 0 radical (unpaired) electrons. The maximum atomic E-state index is 13.6. The van der Waals surface area contributed by atoms with Gasteiger partial charge in [-0.25, -0.2) is 0 Å². The summed E-state index contributed by atoms with van der Waals surface area (Å²) in [6.07, 6.45) is 0.663. The predicted octanol–water partition coefficient (Wildman–Crippen LogP) is 2.28. The summed E-state index contributed by atoms with van der Waals surface area (Å²) in [5, 5.41) is 2.92. The van der Waals surface area contributed by atoms with Gasteiger partial charge in [0.25, 0.3) is 0 Å². The SMILES string of the molecule is COc1ccc(OC)c(C[C@@H]2NC(=O)[C@@H]3Cc4c(OC)ccc(OC)c4[C@@H](C)N3C2=O)c1. The zero-order chi connectivity index (χ0) is 23.0. The second kappa shape index (κ2) is 8.61. The number of nitrogens with one attached hydrogen (secondary N) is 1. The summed E-state index contributed by atoms with van der Waals surface area (Å²) in [6.45, 7) is 1.92. The van der Waals surface area contributed by atoms with E-state index in [9.17, 15) is 9.59 Å². The number of carbonyl (C=O) groups excluding carboxylic acids is 2. The molecule has 0 bridgehead atoms. The number of nitrogens with zero attached hydrogens (tertiary/aromatic N) is 1. The third kappa shape index (κ3) is 3.49. The summed E-state index contributed by atoms with van der Waals surface area (Å²) in [4.78, 5) is 28.4. The van der Waals surface area contributed by atoms with Crippen molar-refractivity contribution in [2.24, 2.45) is 0 Å². The molecule has 1 N–H and O–H groups in total. The van der Waals surface area contributed by atoms with Crippen LogP contribution in [0, 0.1) is 0 Å². The van der Waals surface area contributed by atoms with Gasteiger partial charge in [-0.15, -0.1) is 0 Å². The van der Waals surface area contributed by atoms with Crippen molar-refractivity contribution in [2.75, 3.05) is 28.4 Å². The Bertz CT molecular complexity index is 1050. The van der Waals surface area contributed by atoms with Crippen molar-refractivity contribution in [1.29, 1.82) is 0 Å². The quantitative estimate of drug-likeness (QED) is 0.742. The number of ether oxygens (including phenoxy) is 4. The van der Waals surface area contributed by atoms with Crippen LogP contribution in [-0.4, -0.2) is 57.2 Å². The lowest BCUT2D eigenvalue weighted by Crippen LogP contribution is -2.66. The van der Waals surface area contributed by atoms with Crippen LogP contribution in [0.15, 0.2) is 30.3 Å². The van der Waals surface area contributed by atoms with E-state index in [0.29, 0.717) is 35.8 Å². The highest BCUT2D eigenvalue weighted by molar-refractivity contribution is 5.98. The van der Waals surface area contributed by atoms with E-state index >= 15 is 0 Å². The van der Waals surface area contributed by atoms with E-state index in [0.717, 1.165) is 16.7 Å². The Morgan fingerprint density at radius 1 is 0.938 bits per heavy atom. The molecule has 2 aromatic carbocycles. The number of amides is 2. The van der Waals surface area contributed by atoms with Crippen LogP contribution in [0.2, 0.25) is 0 Å². The van der Waals surface area contributed by atoms with Gasteiger partial charge in [0.2, 0.25) is 11.8 Å². The average molecular weight is 440 g/mol. The van der Waals surface area contributed by atoms with Gasteiger partial charge in [0.1, 0.15) is 35.1 Å². The number of piperazine rings is 1. The fourth-order valence-corrected chi connectivity index (χ4v) is 4.83. The van der Waals surface area contributed by atoms with Gasteiger partial charge < -0.3 is 29.2 Å². The Morgan fingerprint density at radius 3 is 2.25 bits per heavy atom. The van der Waals surface area contributed by atoms with Crippen LogP contribution in [0.1, 0.15) is 29.7 Å². The van der Waals surface area contributed by atoms with Gasteiger partial charge in [-0.3, -0.25) is 9.59 Å². The zero-order valence-corrected chi connectivity index (χ0v) is 18.9. The summed E-state index contributed by atoms with van der Waals surface area (Å²) >= 11 is 0. The second-order valence-corrected chi connectivity index (χ2v) is 7.95. The molecule has 0 saturated carbocycles. The van der Waals surface area contributed by atoms with E-state index in [1.54, 1.807) is 45.5 Å². The topological polar surface area (TPSA) is 86.3 Å². The van der Waals surface area contributed by atoms with Crippen LogP contribution in [0.3, 0.4) is 0 Å². The predicted molar refractivity (Wildman–Crippen MR) is 117 cm³/mol. The van der Waals surface area contributed by atoms with Gasteiger partial charge in [0.05, 0.1) is 34.5 Å². The molecule has 0 aromatic heterocycles. The lowest BCUT2D eigenvalue weighted by molar-refractivity contribution is -0.152. The first-order valence-electron chi connectivity index (χ1n) is 10.5. The first kappa shape index (κ1) is 21.8. The van der Waals surface area contributed by atoms with Crippen molar-refractivity contribution < 1.29 is 28.5 Å². The molecule has 0 aliphatic carbocycles. The Hall–Kier alpha value is -3.42. The maximum Gasteiger partial charge on any atom is 0.246 e. The Balaban J connectivity index is 1.70. The van der Waals surface area contributed by atoms with Gasteiger partial charge in [-0.2, -0.15) is 0 Å². The van der Waals surface area contributed by atoms with Crippen molar-refractivity contribution >= 4 is 11.8 Å². The molecule has 1 fully saturated rings. The minimum absolute atomic E-state index is 0.137. The van der Waals surface area contributed by atoms with Crippen LogP contribution in [0.5, 0.6) is 23.0 Å². The standard InChI is InChI=1S/C24H28N2O6/c1-13-22-16(20(31-4)8-9-21(22)32-5)12-18-23(27)25-17(24(28)26(13)18)11-14-10-15(29-2)6-7-19(14)30-3/h6-10,13,17-18H,11-12H2,1-5H3,(H,25,27)/t13-,17+,18+/m1/s1. The Labute approximate surface area is 187 Å². The minimum Gasteiger partial charge on any atom is -0.497 e. The normalized spacial score (nSPS) is 21.9. The average Bonchev–Trinajstić information content (AvgIpc) is 2.81. The molecule has 32 heavy (non-hydrogen) atoms. The second-order valence-electron chi connectivity index (χ2n) is 7.95. The van der Waals surface area contributed by atoms with Gasteiger partial charge in [-0.05, 0) is 37.3 Å². The fraction of sp³-hybridized carbons (Fsp3) is 0.417. The Kier molecular flexibility index (Phi) is 5.86. The van der Waals surface area contributed by atoms with E-state index in [1.165, 1.54) is 0 Å². The minimum atomic E-state index is -0.708. The van der Waals surface area contributed by atoms with Crippen molar-refractivity contribution in [1.82, 2.24) is 10.2 Å². The first-order chi connectivity index (χ1) is 15.4. The smallest absolute Gasteiger partial charge is 0.246 e. The zero-order valence-electron chi connectivity index (χ0n) is 18.9. The summed E-state index contributed by atoms with van der Waals surface area (Å²) in [6, 6.07) is 7.43. The largest absolute Gasteiger partial charge is 0.497 e. The van der Waals surface area contributed by atoms with Crippen LogP contribution >= 0.6 is 0 Å². The van der Waals surface area contributed by atoms with E-state index in [2.05, 4.69) is 5.32 Å². The number of fused-ring (bicyclic) bond motifs is 2. The third-order valence-electron chi connectivity index (χ3n) is 6.37. The summed E-state index contributed by atoms with van der Waals surface area (Å²) in [5.74, 6) is 2.34. The van der Waals surface area contributed by atoms with Crippen LogP contribution in [0.25, 0.3) is 0 Å². The number of rotatable bonds is 6.